The first-order valence-corrected chi connectivity index (χ1v) is 9.83. The highest BCUT2D eigenvalue weighted by atomic mass is 16.6. The molecule has 4 rings (SSSR count). The molecule has 164 valence electrons. The Morgan fingerprint density at radius 3 is 2.74 bits per heavy atom. The van der Waals surface area contributed by atoms with Crippen molar-refractivity contribution < 1.29 is 23.8 Å². The molecule has 1 aliphatic heterocycles. The van der Waals surface area contributed by atoms with Crippen molar-refractivity contribution in [2.45, 2.75) is 58.1 Å². The summed E-state index contributed by atoms with van der Waals surface area (Å²) in [7, 11) is 0. The van der Waals surface area contributed by atoms with E-state index in [2.05, 4.69) is 16.0 Å². The zero-order valence-electron chi connectivity index (χ0n) is 17.1. The molecule has 2 fully saturated rings. The molecule has 2 aromatic heterocycles. The van der Waals surface area contributed by atoms with Gasteiger partial charge in [-0.25, -0.2) is 14.3 Å². The van der Waals surface area contributed by atoms with E-state index in [9.17, 15) is 19.6 Å². The van der Waals surface area contributed by atoms with E-state index in [1.807, 2.05) is 0 Å². The molecule has 2 N–H and O–H groups in total. The number of nitrogen functional groups attached to an aromatic ring is 1. The highest BCUT2D eigenvalue weighted by molar-refractivity contribution is 5.72. The highest BCUT2D eigenvalue weighted by Gasteiger charge is 2.46. The molecule has 0 aromatic carbocycles. The average molecular weight is 430 g/mol. The smallest absolute Gasteiger partial charge is 0.332 e. The van der Waals surface area contributed by atoms with Crippen molar-refractivity contribution in [3.8, 4) is 6.07 Å². The van der Waals surface area contributed by atoms with E-state index in [0.717, 1.165) is 0 Å². The quantitative estimate of drug-likeness (QED) is 0.628. The van der Waals surface area contributed by atoms with Gasteiger partial charge in [0.1, 0.15) is 18.2 Å². The highest BCUT2D eigenvalue weighted by Crippen LogP contribution is 2.46. The summed E-state index contributed by atoms with van der Waals surface area (Å²) in [6.07, 6.45) is 0.632. The first-order valence-electron chi connectivity index (χ1n) is 9.83. The minimum Gasteiger partial charge on any atom is -0.463 e. The predicted octanol–water partition coefficient (Wildman–Crippen LogP) is 0.261. The number of hydrogen-bond acceptors (Lipinski definition) is 10. The summed E-state index contributed by atoms with van der Waals surface area (Å²) in [5.41, 5.74) is 5.28. The van der Waals surface area contributed by atoms with Crippen LogP contribution in [-0.2, 0) is 30.3 Å². The molecule has 2 aliphatic rings. The normalized spacial score (nSPS) is 24.0. The molecule has 1 aliphatic carbocycles. The number of imidazole rings is 1. The summed E-state index contributed by atoms with van der Waals surface area (Å²) >= 11 is 0. The van der Waals surface area contributed by atoms with Crippen LogP contribution in [0.3, 0.4) is 0 Å². The number of nitrogens with two attached hydrogens (primary N) is 1. The molecule has 0 radical (unpaired) electrons. The third-order valence-corrected chi connectivity index (χ3v) is 5.47. The molecular weight excluding hydrogens is 408 g/mol. The largest absolute Gasteiger partial charge is 0.463 e. The lowest BCUT2D eigenvalue weighted by Crippen LogP contribution is -2.34. The van der Waals surface area contributed by atoms with Gasteiger partial charge in [-0.05, 0) is 12.8 Å². The summed E-state index contributed by atoms with van der Waals surface area (Å²) in [5.74, 6) is -1.06. The van der Waals surface area contributed by atoms with Gasteiger partial charge in [0.25, 0.3) is 0 Å². The molecule has 0 unspecified atom stereocenters. The summed E-state index contributed by atoms with van der Waals surface area (Å²) in [4.78, 5) is 44.4. The van der Waals surface area contributed by atoms with Gasteiger partial charge in [0.2, 0.25) is 5.95 Å². The number of carbonyl (C=O) groups is 2. The van der Waals surface area contributed by atoms with Gasteiger partial charge in [-0.1, -0.05) is 0 Å². The Kier molecular flexibility index (Phi) is 5.14. The van der Waals surface area contributed by atoms with Crippen molar-refractivity contribution in [3.63, 3.8) is 0 Å². The number of fused-ring (bicyclic) bond motifs is 1. The molecule has 0 bridgehead atoms. The molecule has 12 nitrogen and oxygen atoms in total. The molecule has 3 atom stereocenters. The second kappa shape index (κ2) is 7.66. The van der Waals surface area contributed by atoms with Crippen molar-refractivity contribution >= 4 is 29.1 Å². The standard InChI is InChI=1S/C19H22N6O6/c1-10(26)29-7-12-5-14(30-11(2)27)16(31-12)25-15-13(6-22-17(21)23-15)24(18(25)28)9-19(8-20)3-4-19/h6,12,14,16H,3-5,7,9H2,1-2H3,(H2,21,22,23)/t12-,14+,16+/m0/s1. The van der Waals surface area contributed by atoms with Crippen LogP contribution < -0.4 is 11.4 Å². The number of carbonyl (C=O) groups excluding carboxylic acids is 2. The van der Waals surface area contributed by atoms with E-state index in [-0.39, 0.29) is 31.2 Å². The number of hydrogen-bond donors (Lipinski definition) is 1. The monoisotopic (exact) mass is 430 g/mol. The Bertz CT molecular complexity index is 1140. The summed E-state index contributed by atoms with van der Waals surface area (Å²) in [6.45, 7) is 2.66. The molecule has 0 amide bonds. The summed E-state index contributed by atoms with van der Waals surface area (Å²) < 4.78 is 19.1. The van der Waals surface area contributed by atoms with Crippen molar-refractivity contribution in [3.05, 3.63) is 16.7 Å². The first-order chi connectivity index (χ1) is 14.7. The fourth-order valence-corrected chi connectivity index (χ4v) is 3.79. The molecule has 1 saturated carbocycles. The van der Waals surface area contributed by atoms with Crippen LogP contribution in [0.2, 0.25) is 0 Å². The minimum absolute atomic E-state index is 0.0432. The minimum atomic E-state index is -1.01. The number of esters is 2. The average Bonchev–Trinajstić information content (AvgIpc) is 3.31. The predicted molar refractivity (Wildman–Crippen MR) is 104 cm³/mol. The number of rotatable bonds is 6. The van der Waals surface area contributed by atoms with Gasteiger partial charge in [0.05, 0.1) is 23.8 Å². The van der Waals surface area contributed by atoms with Crippen LogP contribution in [0.15, 0.2) is 11.0 Å². The van der Waals surface area contributed by atoms with Crippen LogP contribution in [-0.4, -0.2) is 49.9 Å². The number of aromatic nitrogens is 4. The van der Waals surface area contributed by atoms with E-state index in [0.29, 0.717) is 18.4 Å². The lowest BCUT2D eigenvalue weighted by Gasteiger charge is -2.19. The number of nitrogens with zero attached hydrogens (tertiary/aromatic N) is 5. The van der Waals surface area contributed by atoms with Crippen molar-refractivity contribution in [1.29, 1.82) is 5.26 Å². The van der Waals surface area contributed by atoms with Crippen molar-refractivity contribution in [1.82, 2.24) is 19.1 Å². The van der Waals surface area contributed by atoms with Crippen LogP contribution >= 0.6 is 0 Å². The molecule has 2 aromatic rings. The zero-order valence-corrected chi connectivity index (χ0v) is 17.1. The number of ether oxygens (including phenoxy) is 3. The number of nitriles is 1. The van der Waals surface area contributed by atoms with E-state index in [4.69, 9.17) is 19.9 Å². The van der Waals surface area contributed by atoms with Crippen LogP contribution in [0.1, 0.15) is 39.3 Å². The van der Waals surface area contributed by atoms with Crippen LogP contribution in [0.5, 0.6) is 0 Å². The Hall–Kier alpha value is -3.46. The summed E-state index contributed by atoms with van der Waals surface area (Å²) in [6, 6.07) is 2.27. The maximum atomic E-state index is 13.4. The number of anilines is 1. The van der Waals surface area contributed by atoms with Crippen LogP contribution in [0, 0.1) is 16.7 Å². The molecular formula is C19H22N6O6. The van der Waals surface area contributed by atoms with Gasteiger partial charge >= 0.3 is 17.6 Å². The fourth-order valence-electron chi connectivity index (χ4n) is 3.79. The molecule has 31 heavy (non-hydrogen) atoms. The lowest BCUT2D eigenvalue weighted by molar-refractivity contribution is -0.153. The second-order valence-electron chi connectivity index (χ2n) is 7.90. The Labute approximate surface area is 176 Å². The van der Waals surface area contributed by atoms with E-state index < -0.39 is 41.5 Å². The SMILES string of the molecule is CC(=O)OC[C@@H]1C[C@@H](OC(C)=O)[C@H](n2c(=O)n(CC3(C#N)CC3)c3cnc(N)nc32)O1. The topological polar surface area (TPSA) is 164 Å². The summed E-state index contributed by atoms with van der Waals surface area (Å²) in [5, 5.41) is 9.48. The molecule has 0 spiro atoms. The van der Waals surface area contributed by atoms with Crippen molar-refractivity contribution in [2.75, 3.05) is 12.3 Å². The van der Waals surface area contributed by atoms with Gasteiger partial charge in [0, 0.05) is 26.8 Å². The van der Waals surface area contributed by atoms with Gasteiger partial charge in [0.15, 0.2) is 11.9 Å². The second-order valence-corrected chi connectivity index (χ2v) is 7.90. The van der Waals surface area contributed by atoms with Gasteiger partial charge in [-0.15, -0.1) is 0 Å². The first kappa shape index (κ1) is 20.8. The Balaban J connectivity index is 1.77. The molecule has 3 heterocycles. The van der Waals surface area contributed by atoms with E-state index >= 15 is 0 Å². The fraction of sp³-hybridized carbons (Fsp3) is 0.579. The van der Waals surface area contributed by atoms with Crippen LogP contribution in [0.25, 0.3) is 11.2 Å². The third-order valence-electron chi connectivity index (χ3n) is 5.47. The maximum Gasteiger partial charge on any atom is 0.332 e. The lowest BCUT2D eigenvalue weighted by atomic mass is 10.1. The van der Waals surface area contributed by atoms with Gasteiger partial charge in [-0.3, -0.25) is 14.2 Å². The Morgan fingerprint density at radius 2 is 2.13 bits per heavy atom. The Morgan fingerprint density at radius 1 is 1.39 bits per heavy atom. The maximum absolute atomic E-state index is 13.4. The van der Waals surface area contributed by atoms with Crippen molar-refractivity contribution in [2.24, 2.45) is 5.41 Å². The van der Waals surface area contributed by atoms with Gasteiger partial charge < -0.3 is 19.9 Å². The van der Waals surface area contributed by atoms with Gasteiger partial charge in [-0.2, -0.15) is 10.2 Å². The molecule has 12 heteroatoms. The van der Waals surface area contributed by atoms with E-state index in [1.165, 1.54) is 29.2 Å². The van der Waals surface area contributed by atoms with E-state index in [1.54, 1.807) is 0 Å². The molecule has 1 saturated heterocycles. The third kappa shape index (κ3) is 3.96. The van der Waals surface area contributed by atoms with Crippen LogP contribution in [0.4, 0.5) is 5.95 Å². The zero-order chi connectivity index (χ0) is 22.3.